The third kappa shape index (κ3) is 5.43. The fourth-order valence-electron chi connectivity index (χ4n) is 2.66. The van der Waals surface area contributed by atoms with Gasteiger partial charge in [0.25, 0.3) is 0 Å². The number of hydrogen-bond acceptors (Lipinski definition) is 3. The molecule has 1 saturated heterocycles. The number of amides is 1. The number of benzene rings is 2. The van der Waals surface area contributed by atoms with Crippen molar-refractivity contribution < 1.29 is 13.9 Å². The van der Waals surface area contributed by atoms with Crippen molar-refractivity contribution in [1.29, 1.82) is 0 Å². The van der Waals surface area contributed by atoms with Crippen LogP contribution < -0.4 is 10.6 Å². The molecule has 0 aliphatic carbocycles. The van der Waals surface area contributed by atoms with Gasteiger partial charge in [0, 0.05) is 36.7 Å². The van der Waals surface area contributed by atoms with Crippen LogP contribution in [-0.2, 0) is 9.53 Å². The highest BCUT2D eigenvalue weighted by molar-refractivity contribution is 6.01. The number of rotatable bonds is 5. The van der Waals surface area contributed by atoms with Crippen LogP contribution in [0.15, 0.2) is 54.6 Å². The number of hydrogen-bond donors (Lipinski definition) is 2. The number of anilines is 2. The van der Waals surface area contributed by atoms with E-state index in [9.17, 15) is 9.18 Å². The van der Waals surface area contributed by atoms with Gasteiger partial charge in [0.15, 0.2) is 0 Å². The molecule has 0 aromatic heterocycles. The SMILES string of the molecule is O=C(C=Cc1ccc(F)cc1)Nc1ccc(NC2CCOCC2)cc1. The first kappa shape index (κ1) is 17.2. The smallest absolute Gasteiger partial charge is 0.248 e. The first-order valence-corrected chi connectivity index (χ1v) is 8.38. The molecule has 130 valence electrons. The van der Waals surface area contributed by atoms with Crippen molar-refractivity contribution in [1.82, 2.24) is 0 Å². The largest absolute Gasteiger partial charge is 0.382 e. The molecule has 1 aliphatic heterocycles. The molecule has 0 atom stereocenters. The summed E-state index contributed by atoms with van der Waals surface area (Å²) in [6.45, 7) is 1.60. The van der Waals surface area contributed by atoms with Crippen molar-refractivity contribution in [2.45, 2.75) is 18.9 Å². The van der Waals surface area contributed by atoms with Gasteiger partial charge in [-0.1, -0.05) is 12.1 Å². The van der Waals surface area contributed by atoms with Gasteiger partial charge >= 0.3 is 0 Å². The third-order valence-electron chi connectivity index (χ3n) is 4.04. The molecule has 0 radical (unpaired) electrons. The molecule has 1 amide bonds. The molecule has 0 saturated carbocycles. The van der Waals surface area contributed by atoms with Crippen molar-refractivity contribution in [2.24, 2.45) is 0 Å². The highest BCUT2D eigenvalue weighted by atomic mass is 19.1. The van der Waals surface area contributed by atoms with Gasteiger partial charge in [0.05, 0.1) is 0 Å². The van der Waals surface area contributed by atoms with E-state index in [0.717, 1.165) is 43.0 Å². The van der Waals surface area contributed by atoms with Crippen LogP contribution in [0.1, 0.15) is 18.4 Å². The summed E-state index contributed by atoms with van der Waals surface area (Å²) in [4.78, 5) is 12.0. The van der Waals surface area contributed by atoms with Gasteiger partial charge in [-0.3, -0.25) is 4.79 Å². The first-order valence-electron chi connectivity index (χ1n) is 8.38. The zero-order valence-corrected chi connectivity index (χ0v) is 13.9. The molecule has 1 aliphatic rings. The summed E-state index contributed by atoms with van der Waals surface area (Å²) in [5, 5.41) is 6.28. The van der Waals surface area contributed by atoms with Crippen LogP contribution in [-0.4, -0.2) is 25.2 Å². The second-order valence-corrected chi connectivity index (χ2v) is 5.98. The van der Waals surface area contributed by atoms with Gasteiger partial charge in [0.1, 0.15) is 5.82 Å². The molecular formula is C20H21FN2O2. The van der Waals surface area contributed by atoms with Gasteiger partial charge in [0.2, 0.25) is 5.91 Å². The van der Waals surface area contributed by atoms with Gasteiger partial charge in [-0.15, -0.1) is 0 Å². The standard InChI is InChI=1S/C20H21FN2O2/c21-16-4-1-15(2-5-16)3-10-20(24)23-18-8-6-17(7-9-18)22-19-11-13-25-14-12-19/h1-10,19,22H,11-14H2,(H,23,24). The normalized spacial score (nSPS) is 15.2. The molecule has 5 heteroatoms. The second-order valence-electron chi connectivity index (χ2n) is 5.98. The van der Waals surface area contributed by atoms with Crippen LogP contribution in [0.3, 0.4) is 0 Å². The number of carbonyl (C=O) groups is 1. The molecule has 25 heavy (non-hydrogen) atoms. The van der Waals surface area contributed by atoms with E-state index in [0.29, 0.717) is 6.04 Å². The highest BCUT2D eigenvalue weighted by Gasteiger charge is 2.13. The summed E-state index contributed by atoms with van der Waals surface area (Å²) in [5.74, 6) is -0.523. The Hall–Kier alpha value is -2.66. The lowest BCUT2D eigenvalue weighted by atomic mass is 10.1. The van der Waals surface area contributed by atoms with E-state index in [-0.39, 0.29) is 11.7 Å². The molecule has 2 N–H and O–H groups in total. The summed E-state index contributed by atoms with van der Waals surface area (Å²) < 4.78 is 18.2. The fraction of sp³-hybridized carbons (Fsp3) is 0.250. The van der Waals surface area contributed by atoms with E-state index in [1.165, 1.54) is 18.2 Å². The van der Waals surface area contributed by atoms with E-state index in [2.05, 4.69) is 10.6 Å². The first-order chi connectivity index (χ1) is 12.2. The maximum Gasteiger partial charge on any atom is 0.248 e. The zero-order valence-electron chi connectivity index (χ0n) is 13.9. The Balaban J connectivity index is 1.51. The van der Waals surface area contributed by atoms with E-state index >= 15 is 0 Å². The number of nitrogens with one attached hydrogen (secondary N) is 2. The maximum absolute atomic E-state index is 12.8. The van der Waals surface area contributed by atoms with Crippen LogP contribution in [0.2, 0.25) is 0 Å². The average Bonchev–Trinajstić information content (AvgIpc) is 2.64. The lowest BCUT2D eigenvalue weighted by Crippen LogP contribution is -2.27. The topological polar surface area (TPSA) is 50.4 Å². The predicted octanol–water partition coefficient (Wildman–Crippen LogP) is 4.07. The van der Waals surface area contributed by atoms with Crippen molar-refractivity contribution in [3.05, 3.63) is 66.0 Å². The Bertz CT molecular complexity index is 720. The molecule has 4 nitrogen and oxygen atoms in total. The van der Waals surface area contributed by atoms with Gasteiger partial charge in [-0.05, 0) is 60.9 Å². The van der Waals surface area contributed by atoms with Crippen LogP contribution in [0.25, 0.3) is 6.08 Å². The Morgan fingerprint density at radius 2 is 1.64 bits per heavy atom. The van der Waals surface area contributed by atoms with Gasteiger partial charge < -0.3 is 15.4 Å². The number of carbonyl (C=O) groups excluding carboxylic acids is 1. The Morgan fingerprint density at radius 3 is 2.32 bits per heavy atom. The minimum absolute atomic E-state index is 0.227. The monoisotopic (exact) mass is 340 g/mol. The quantitative estimate of drug-likeness (QED) is 0.807. The van der Waals surface area contributed by atoms with E-state index in [4.69, 9.17) is 4.74 Å². The van der Waals surface area contributed by atoms with Crippen LogP contribution in [0.5, 0.6) is 0 Å². The Morgan fingerprint density at radius 1 is 1.00 bits per heavy atom. The summed E-state index contributed by atoms with van der Waals surface area (Å²) in [7, 11) is 0. The van der Waals surface area contributed by atoms with E-state index in [1.807, 2.05) is 24.3 Å². The predicted molar refractivity (Wildman–Crippen MR) is 98.0 cm³/mol. The number of halogens is 1. The van der Waals surface area contributed by atoms with E-state index < -0.39 is 0 Å². The van der Waals surface area contributed by atoms with Gasteiger partial charge in [-0.2, -0.15) is 0 Å². The van der Waals surface area contributed by atoms with Crippen molar-refractivity contribution in [3.8, 4) is 0 Å². The van der Waals surface area contributed by atoms with E-state index in [1.54, 1.807) is 18.2 Å². The molecule has 2 aromatic rings. The molecule has 1 fully saturated rings. The molecule has 0 spiro atoms. The molecule has 2 aromatic carbocycles. The molecule has 0 bridgehead atoms. The van der Waals surface area contributed by atoms with Gasteiger partial charge in [-0.25, -0.2) is 4.39 Å². The number of ether oxygens (including phenoxy) is 1. The zero-order chi connectivity index (χ0) is 17.5. The van der Waals surface area contributed by atoms with Crippen LogP contribution in [0, 0.1) is 5.82 Å². The highest BCUT2D eigenvalue weighted by Crippen LogP contribution is 2.18. The molecule has 1 heterocycles. The summed E-state index contributed by atoms with van der Waals surface area (Å²) in [5.41, 5.74) is 2.53. The second kappa shape index (κ2) is 8.44. The fourth-order valence-corrected chi connectivity index (χ4v) is 2.66. The Labute approximate surface area is 146 Å². The minimum Gasteiger partial charge on any atom is -0.382 e. The van der Waals surface area contributed by atoms with Crippen LogP contribution >= 0.6 is 0 Å². The summed E-state index contributed by atoms with van der Waals surface area (Å²) >= 11 is 0. The van der Waals surface area contributed by atoms with Crippen molar-refractivity contribution in [3.63, 3.8) is 0 Å². The maximum atomic E-state index is 12.8. The van der Waals surface area contributed by atoms with Crippen molar-refractivity contribution in [2.75, 3.05) is 23.8 Å². The third-order valence-corrected chi connectivity index (χ3v) is 4.04. The summed E-state index contributed by atoms with van der Waals surface area (Å²) in [6, 6.07) is 14.0. The molecular weight excluding hydrogens is 319 g/mol. The van der Waals surface area contributed by atoms with Crippen LogP contribution in [0.4, 0.5) is 15.8 Å². The summed E-state index contributed by atoms with van der Waals surface area (Å²) in [6.07, 6.45) is 5.09. The minimum atomic E-state index is -0.295. The Kier molecular flexibility index (Phi) is 5.80. The average molecular weight is 340 g/mol. The lowest BCUT2D eigenvalue weighted by molar-refractivity contribution is -0.111. The molecule has 3 rings (SSSR count). The molecule has 0 unspecified atom stereocenters. The van der Waals surface area contributed by atoms with Crippen molar-refractivity contribution >= 4 is 23.4 Å². The lowest BCUT2D eigenvalue weighted by Gasteiger charge is -2.24.